The second-order valence-corrected chi connectivity index (χ2v) is 10.8. The van der Waals surface area contributed by atoms with E-state index in [1.807, 2.05) is 58.9 Å². The first-order valence-electron chi connectivity index (χ1n) is 14.2. The number of aliphatic hydroxyl groups excluding tert-OH is 4. The molecule has 1 aromatic heterocycles. The zero-order valence-corrected chi connectivity index (χ0v) is 25.5. The Bertz CT molecular complexity index is 1160. The van der Waals surface area contributed by atoms with Crippen molar-refractivity contribution >= 4 is 6.08 Å². The van der Waals surface area contributed by atoms with Crippen LogP contribution >= 0.6 is 0 Å². The molecule has 9 heteroatoms. The first-order valence-corrected chi connectivity index (χ1v) is 14.2. The summed E-state index contributed by atoms with van der Waals surface area (Å²) >= 11 is 0. The molecule has 0 aliphatic carbocycles. The molecule has 0 saturated carbocycles. The fraction of sp³-hybridized carbons (Fsp3) is 0.594. The molecule has 1 unspecified atom stereocenters. The van der Waals surface area contributed by atoms with Crippen molar-refractivity contribution in [3.63, 3.8) is 0 Å². The predicted octanol–water partition coefficient (Wildman–Crippen LogP) is 3.85. The number of rotatable bonds is 13. The summed E-state index contributed by atoms with van der Waals surface area (Å²) in [5, 5.41) is 40.1. The van der Waals surface area contributed by atoms with E-state index in [1.54, 1.807) is 6.92 Å². The van der Waals surface area contributed by atoms with Gasteiger partial charge in [0, 0.05) is 11.5 Å². The fourth-order valence-electron chi connectivity index (χ4n) is 4.79. The number of hydrogen-bond donors (Lipinski definition) is 4. The number of allylic oxidation sites excluding steroid dienone is 5. The lowest BCUT2D eigenvalue weighted by Crippen LogP contribution is -2.60. The van der Waals surface area contributed by atoms with Crippen LogP contribution in [0, 0.1) is 18.8 Å². The van der Waals surface area contributed by atoms with Crippen LogP contribution in [0.25, 0.3) is 6.08 Å². The van der Waals surface area contributed by atoms with Crippen molar-refractivity contribution in [2.24, 2.45) is 11.8 Å². The molecular formula is C32H48O9. The summed E-state index contributed by atoms with van der Waals surface area (Å²) < 4.78 is 22.7. The minimum atomic E-state index is -1.50. The molecule has 0 bridgehead atoms. The topological polar surface area (TPSA) is 139 Å². The molecule has 0 amide bonds. The highest BCUT2D eigenvalue weighted by Gasteiger charge is 2.45. The summed E-state index contributed by atoms with van der Waals surface area (Å²) in [5.74, 6) is 0.819. The molecule has 230 valence electrons. The minimum Gasteiger partial charge on any atom is -0.468 e. The maximum atomic E-state index is 12.6. The van der Waals surface area contributed by atoms with Crippen LogP contribution < -0.4 is 10.2 Å². The van der Waals surface area contributed by atoms with Crippen molar-refractivity contribution in [3.8, 4) is 5.95 Å². The molecule has 2 heterocycles. The Kier molecular flexibility index (Phi) is 13.7. The molecule has 1 saturated heterocycles. The van der Waals surface area contributed by atoms with Gasteiger partial charge in [0.05, 0.1) is 25.4 Å². The molecule has 1 aliphatic heterocycles. The van der Waals surface area contributed by atoms with Gasteiger partial charge < -0.3 is 39.1 Å². The van der Waals surface area contributed by atoms with Crippen molar-refractivity contribution < 1.29 is 39.1 Å². The van der Waals surface area contributed by atoms with E-state index < -0.39 is 43.4 Å². The van der Waals surface area contributed by atoms with Gasteiger partial charge in [-0.05, 0) is 58.1 Å². The zero-order valence-electron chi connectivity index (χ0n) is 25.5. The molecule has 1 aliphatic rings. The van der Waals surface area contributed by atoms with Crippen LogP contribution in [0.5, 0.6) is 5.95 Å². The predicted molar refractivity (Wildman–Crippen MR) is 159 cm³/mol. The van der Waals surface area contributed by atoms with Gasteiger partial charge in [0.2, 0.25) is 0 Å². The molecule has 8 atom stereocenters. The molecule has 2 rings (SSSR count). The second-order valence-electron chi connectivity index (χ2n) is 10.8. The highest BCUT2D eigenvalue weighted by Crippen LogP contribution is 2.28. The Morgan fingerprint density at radius 1 is 1.12 bits per heavy atom. The molecular weight excluding hydrogens is 528 g/mol. The standard InChI is InChI=1S/C32H48O9/c1-9-20(5)30(41-32-29(37)28(36)27(35)25(17-33)40-32)21(6)16-19(4)13-11-12-18(3)14-15-24-22(7)26(34)23(10-2)31(38-8)39-24/h9,11,13-16,18,21,25,27-30,32-33,35-37H,10,12,17H2,1-8H3/b13-11+,15-14+,19-16+,20-9+/t18?,21-,25-,27-,28+,29-,30+,32+/m1/s1. The molecule has 41 heavy (non-hydrogen) atoms. The fourth-order valence-corrected chi connectivity index (χ4v) is 4.79. The highest BCUT2D eigenvalue weighted by molar-refractivity contribution is 5.49. The quantitative estimate of drug-likeness (QED) is 0.204. The zero-order chi connectivity index (χ0) is 30.9. The Hall–Kier alpha value is -2.53. The summed E-state index contributed by atoms with van der Waals surface area (Å²) in [6, 6.07) is 0. The SMILES string of the molecule is C/C=C(\C)[C@H](O[C@@H]1O[C@H](CO)[C@@H](O)[C@H](O)[C@H]1O)[C@H](C)/C=C(C)/C=C/CC(C)/C=C/c1oc(OC)c(CC)c(=O)c1C. The number of methoxy groups -OCH3 is 1. The van der Waals surface area contributed by atoms with Crippen LogP contribution in [0.4, 0.5) is 0 Å². The van der Waals surface area contributed by atoms with Crippen LogP contribution in [0.2, 0.25) is 0 Å². The molecule has 0 aromatic carbocycles. The molecule has 4 N–H and O–H groups in total. The Labute approximate surface area is 243 Å². The first-order chi connectivity index (χ1) is 19.4. The van der Waals surface area contributed by atoms with Crippen molar-refractivity contribution in [1.29, 1.82) is 0 Å². The monoisotopic (exact) mass is 576 g/mol. The Balaban J connectivity index is 2.08. The normalized spacial score (nSPS) is 26.5. The summed E-state index contributed by atoms with van der Waals surface area (Å²) in [6.07, 6.45) is 6.08. The van der Waals surface area contributed by atoms with Gasteiger partial charge in [-0.25, -0.2) is 0 Å². The summed E-state index contributed by atoms with van der Waals surface area (Å²) in [7, 11) is 1.49. The van der Waals surface area contributed by atoms with Gasteiger partial charge >= 0.3 is 0 Å². The van der Waals surface area contributed by atoms with Gasteiger partial charge in [0.1, 0.15) is 30.2 Å². The van der Waals surface area contributed by atoms with E-state index in [0.29, 0.717) is 23.3 Å². The van der Waals surface area contributed by atoms with Gasteiger partial charge in [-0.3, -0.25) is 4.79 Å². The van der Waals surface area contributed by atoms with E-state index in [9.17, 15) is 25.2 Å². The third-order valence-corrected chi connectivity index (χ3v) is 7.47. The van der Waals surface area contributed by atoms with Crippen LogP contribution in [0.1, 0.15) is 64.9 Å². The lowest BCUT2D eigenvalue weighted by atomic mass is 9.94. The summed E-state index contributed by atoms with van der Waals surface area (Å²) in [6.45, 7) is 13.0. The van der Waals surface area contributed by atoms with Gasteiger partial charge in [-0.1, -0.05) is 56.7 Å². The molecule has 1 fully saturated rings. The molecule has 0 radical (unpaired) electrons. The van der Waals surface area contributed by atoms with E-state index in [-0.39, 0.29) is 23.2 Å². The van der Waals surface area contributed by atoms with Crippen molar-refractivity contribution in [1.82, 2.24) is 0 Å². The molecule has 1 aromatic rings. The van der Waals surface area contributed by atoms with Gasteiger partial charge in [-0.15, -0.1) is 0 Å². The van der Waals surface area contributed by atoms with Gasteiger partial charge in [0.25, 0.3) is 5.95 Å². The minimum absolute atomic E-state index is 0.0559. The average Bonchev–Trinajstić information content (AvgIpc) is 2.95. The van der Waals surface area contributed by atoms with Crippen molar-refractivity contribution in [2.45, 2.75) is 98.1 Å². The Morgan fingerprint density at radius 3 is 2.39 bits per heavy atom. The van der Waals surface area contributed by atoms with Crippen LogP contribution in [-0.4, -0.2) is 71.0 Å². The maximum absolute atomic E-state index is 12.6. The average molecular weight is 577 g/mol. The lowest BCUT2D eigenvalue weighted by Gasteiger charge is -2.41. The van der Waals surface area contributed by atoms with Crippen LogP contribution in [-0.2, 0) is 15.9 Å². The van der Waals surface area contributed by atoms with E-state index in [2.05, 4.69) is 19.1 Å². The van der Waals surface area contributed by atoms with E-state index in [1.165, 1.54) is 7.11 Å². The number of ether oxygens (including phenoxy) is 3. The summed E-state index contributed by atoms with van der Waals surface area (Å²) in [4.78, 5) is 12.6. The van der Waals surface area contributed by atoms with E-state index >= 15 is 0 Å². The van der Waals surface area contributed by atoms with Crippen molar-refractivity contribution in [2.75, 3.05) is 13.7 Å². The van der Waals surface area contributed by atoms with E-state index in [0.717, 1.165) is 17.6 Å². The smallest absolute Gasteiger partial charge is 0.291 e. The van der Waals surface area contributed by atoms with Crippen LogP contribution in [0.3, 0.4) is 0 Å². The van der Waals surface area contributed by atoms with Gasteiger partial charge in [0.15, 0.2) is 11.7 Å². The lowest BCUT2D eigenvalue weighted by molar-refractivity contribution is -0.310. The summed E-state index contributed by atoms with van der Waals surface area (Å²) in [5.41, 5.74) is 2.97. The number of hydrogen-bond acceptors (Lipinski definition) is 9. The first kappa shape index (κ1) is 34.7. The third kappa shape index (κ3) is 8.98. The highest BCUT2D eigenvalue weighted by atomic mass is 16.7. The molecule has 0 spiro atoms. The largest absolute Gasteiger partial charge is 0.468 e. The van der Waals surface area contributed by atoms with Crippen LogP contribution in [0.15, 0.2) is 50.7 Å². The third-order valence-electron chi connectivity index (χ3n) is 7.47. The van der Waals surface area contributed by atoms with Gasteiger partial charge in [-0.2, -0.15) is 0 Å². The Morgan fingerprint density at radius 2 is 1.80 bits per heavy atom. The molecule has 9 nitrogen and oxygen atoms in total. The van der Waals surface area contributed by atoms with E-state index in [4.69, 9.17) is 18.6 Å². The second kappa shape index (κ2) is 16.2. The number of aliphatic hydroxyl groups is 4. The van der Waals surface area contributed by atoms with Crippen molar-refractivity contribution in [3.05, 3.63) is 68.6 Å². The maximum Gasteiger partial charge on any atom is 0.291 e.